The van der Waals surface area contributed by atoms with Crippen LogP contribution in [-0.4, -0.2) is 0 Å². The number of hydrogen-bond acceptors (Lipinski definition) is 0. The molecule has 0 unspecified atom stereocenters. The maximum absolute atomic E-state index is 2.35. The van der Waals surface area contributed by atoms with Crippen LogP contribution in [0.3, 0.4) is 0 Å². The van der Waals surface area contributed by atoms with E-state index in [1.54, 1.807) is 0 Å². The van der Waals surface area contributed by atoms with Gasteiger partial charge in [-0.2, -0.15) is 0 Å². The Balaban J connectivity index is 2.05. The molecule has 108 valence electrons. The lowest BCUT2D eigenvalue weighted by molar-refractivity contribution is 0.661. The summed E-state index contributed by atoms with van der Waals surface area (Å²) in [4.78, 5) is 0. The summed E-state index contributed by atoms with van der Waals surface area (Å²) in [6, 6.07) is 24.3. The van der Waals surface area contributed by atoms with Crippen molar-refractivity contribution in [1.82, 2.24) is 0 Å². The van der Waals surface area contributed by atoms with E-state index in [0.29, 0.717) is 0 Å². The van der Waals surface area contributed by atoms with Crippen molar-refractivity contribution in [2.75, 3.05) is 0 Å². The standard InChI is InChI=1S/C22H20/c1-15-12-13-18-19-11-7-10-17(16-8-5-4-6-9-16)21(19)22(2,3)20(18)14-15/h4-14H,1-3H3. The van der Waals surface area contributed by atoms with Crippen molar-refractivity contribution in [3.63, 3.8) is 0 Å². The molecule has 3 aromatic carbocycles. The molecule has 0 saturated carbocycles. The first-order chi connectivity index (χ1) is 10.6. The highest BCUT2D eigenvalue weighted by Gasteiger charge is 2.37. The summed E-state index contributed by atoms with van der Waals surface area (Å²) in [7, 11) is 0. The predicted octanol–water partition coefficient (Wildman–Crippen LogP) is 5.97. The summed E-state index contributed by atoms with van der Waals surface area (Å²) in [5, 5.41) is 0. The number of aryl methyl sites for hydroxylation is 1. The van der Waals surface area contributed by atoms with Crippen molar-refractivity contribution < 1.29 is 0 Å². The smallest absolute Gasteiger partial charge is 0.0165 e. The lowest BCUT2D eigenvalue weighted by Crippen LogP contribution is -2.16. The van der Waals surface area contributed by atoms with Gasteiger partial charge in [-0.1, -0.05) is 86.1 Å². The first-order valence-electron chi connectivity index (χ1n) is 7.89. The summed E-state index contributed by atoms with van der Waals surface area (Å²) in [5.41, 5.74) is 9.73. The fraction of sp³-hybridized carbons (Fsp3) is 0.182. The third-order valence-corrected chi connectivity index (χ3v) is 4.91. The zero-order chi connectivity index (χ0) is 15.3. The van der Waals surface area contributed by atoms with Crippen molar-refractivity contribution in [2.24, 2.45) is 0 Å². The first-order valence-corrected chi connectivity index (χ1v) is 7.89. The molecule has 0 spiro atoms. The highest BCUT2D eigenvalue weighted by molar-refractivity contribution is 5.88. The maximum Gasteiger partial charge on any atom is 0.0165 e. The van der Waals surface area contributed by atoms with Gasteiger partial charge in [0.2, 0.25) is 0 Å². The van der Waals surface area contributed by atoms with E-state index < -0.39 is 0 Å². The summed E-state index contributed by atoms with van der Waals surface area (Å²) in [6.07, 6.45) is 0. The van der Waals surface area contributed by atoms with Crippen LogP contribution in [0, 0.1) is 6.92 Å². The van der Waals surface area contributed by atoms with Gasteiger partial charge in [-0.05, 0) is 40.3 Å². The van der Waals surface area contributed by atoms with E-state index in [0.717, 1.165) is 0 Å². The molecule has 0 fully saturated rings. The molecule has 0 heteroatoms. The Kier molecular flexibility index (Phi) is 2.77. The number of rotatable bonds is 1. The molecule has 1 aliphatic rings. The fourth-order valence-corrected chi connectivity index (χ4v) is 3.85. The van der Waals surface area contributed by atoms with Gasteiger partial charge in [0.05, 0.1) is 0 Å². The van der Waals surface area contributed by atoms with Crippen LogP contribution in [0.1, 0.15) is 30.5 Å². The van der Waals surface area contributed by atoms with E-state index in [4.69, 9.17) is 0 Å². The summed E-state index contributed by atoms with van der Waals surface area (Å²) >= 11 is 0. The Morgan fingerprint density at radius 1 is 0.682 bits per heavy atom. The van der Waals surface area contributed by atoms with Gasteiger partial charge in [-0.25, -0.2) is 0 Å². The van der Waals surface area contributed by atoms with Gasteiger partial charge in [0.25, 0.3) is 0 Å². The minimum absolute atomic E-state index is 0.0448. The Bertz CT molecular complexity index is 854. The van der Waals surface area contributed by atoms with Gasteiger partial charge in [0, 0.05) is 5.41 Å². The van der Waals surface area contributed by atoms with Crippen LogP contribution in [0.15, 0.2) is 66.7 Å². The summed E-state index contributed by atoms with van der Waals surface area (Å²) in [5.74, 6) is 0. The topological polar surface area (TPSA) is 0 Å². The van der Waals surface area contributed by atoms with Crippen LogP contribution < -0.4 is 0 Å². The van der Waals surface area contributed by atoms with Gasteiger partial charge >= 0.3 is 0 Å². The average Bonchev–Trinajstić information content (AvgIpc) is 2.76. The van der Waals surface area contributed by atoms with E-state index >= 15 is 0 Å². The SMILES string of the molecule is Cc1ccc2c(c1)C(C)(C)c1c(-c3ccccc3)cccc1-2. The molecule has 0 bridgehead atoms. The molecule has 0 heterocycles. The maximum atomic E-state index is 2.35. The van der Waals surface area contributed by atoms with Crippen LogP contribution in [0.2, 0.25) is 0 Å². The molecular weight excluding hydrogens is 264 g/mol. The monoisotopic (exact) mass is 284 g/mol. The Hall–Kier alpha value is -2.34. The number of fused-ring (bicyclic) bond motifs is 3. The zero-order valence-electron chi connectivity index (χ0n) is 13.4. The van der Waals surface area contributed by atoms with Crippen molar-refractivity contribution in [1.29, 1.82) is 0 Å². The fourth-order valence-electron chi connectivity index (χ4n) is 3.85. The Labute approximate surface area is 132 Å². The van der Waals surface area contributed by atoms with Crippen molar-refractivity contribution in [3.8, 4) is 22.3 Å². The minimum Gasteiger partial charge on any atom is -0.0622 e. The lowest BCUT2D eigenvalue weighted by Gasteiger charge is -2.24. The molecule has 0 aliphatic heterocycles. The molecule has 22 heavy (non-hydrogen) atoms. The van der Waals surface area contributed by atoms with E-state index in [9.17, 15) is 0 Å². The molecule has 0 nitrogen and oxygen atoms in total. The van der Waals surface area contributed by atoms with Crippen molar-refractivity contribution in [2.45, 2.75) is 26.2 Å². The van der Waals surface area contributed by atoms with Crippen molar-refractivity contribution >= 4 is 0 Å². The molecule has 0 saturated heterocycles. The van der Waals surface area contributed by atoms with Gasteiger partial charge in [0.1, 0.15) is 0 Å². The summed E-state index contributed by atoms with van der Waals surface area (Å²) in [6.45, 7) is 6.88. The predicted molar refractivity (Wildman–Crippen MR) is 94.2 cm³/mol. The second-order valence-electron chi connectivity index (χ2n) is 6.77. The van der Waals surface area contributed by atoms with Crippen LogP contribution in [0.4, 0.5) is 0 Å². The molecule has 3 aromatic rings. The second kappa shape index (κ2) is 4.58. The zero-order valence-corrected chi connectivity index (χ0v) is 13.4. The van der Waals surface area contributed by atoms with E-state index in [-0.39, 0.29) is 5.41 Å². The quantitative estimate of drug-likeness (QED) is 0.516. The molecule has 0 N–H and O–H groups in total. The van der Waals surface area contributed by atoms with E-state index in [1.165, 1.54) is 38.9 Å². The van der Waals surface area contributed by atoms with Gasteiger partial charge in [-0.3, -0.25) is 0 Å². The van der Waals surface area contributed by atoms with Crippen LogP contribution >= 0.6 is 0 Å². The Morgan fingerprint density at radius 3 is 2.18 bits per heavy atom. The third-order valence-electron chi connectivity index (χ3n) is 4.91. The van der Waals surface area contributed by atoms with Gasteiger partial charge in [0.15, 0.2) is 0 Å². The number of hydrogen-bond donors (Lipinski definition) is 0. The Morgan fingerprint density at radius 2 is 1.41 bits per heavy atom. The molecule has 0 aromatic heterocycles. The number of benzene rings is 3. The normalized spacial score (nSPS) is 14.5. The first kappa shape index (κ1) is 13.3. The van der Waals surface area contributed by atoms with E-state index in [2.05, 4.69) is 87.5 Å². The van der Waals surface area contributed by atoms with Crippen LogP contribution in [0.5, 0.6) is 0 Å². The molecule has 4 rings (SSSR count). The molecular formula is C22H20. The molecule has 0 amide bonds. The largest absolute Gasteiger partial charge is 0.0622 e. The lowest BCUT2D eigenvalue weighted by atomic mass is 9.78. The van der Waals surface area contributed by atoms with Crippen LogP contribution in [-0.2, 0) is 5.41 Å². The molecule has 1 aliphatic carbocycles. The van der Waals surface area contributed by atoms with E-state index in [1.807, 2.05) is 0 Å². The second-order valence-corrected chi connectivity index (χ2v) is 6.77. The molecule has 0 atom stereocenters. The third kappa shape index (κ3) is 1.77. The highest BCUT2D eigenvalue weighted by atomic mass is 14.4. The van der Waals surface area contributed by atoms with Gasteiger partial charge in [-0.15, -0.1) is 0 Å². The van der Waals surface area contributed by atoms with Gasteiger partial charge < -0.3 is 0 Å². The summed E-state index contributed by atoms with van der Waals surface area (Å²) < 4.78 is 0. The molecule has 0 radical (unpaired) electrons. The average molecular weight is 284 g/mol. The minimum atomic E-state index is 0.0448. The highest BCUT2D eigenvalue weighted by Crippen LogP contribution is 2.52. The van der Waals surface area contributed by atoms with Crippen molar-refractivity contribution in [3.05, 3.63) is 83.4 Å². The van der Waals surface area contributed by atoms with Crippen LogP contribution in [0.25, 0.3) is 22.3 Å².